The Hall–Kier alpha value is -2.05. The number of alkyl halides is 2. The second-order valence-corrected chi connectivity index (χ2v) is 3.93. The van der Waals surface area contributed by atoms with E-state index in [1.165, 1.54) is 10.7 Å². The Bertz CT molecular complexity index is 594. The summed E-state index contributed by atoms with van der Waals surface area (Å²) in [4.78, 5) is 15.9. The van der Waals surface area contributed by atoms with Crippen molar-refractivity contribution in [2.75, 3.05) is 6.54 Å². The average Bonchev–Trinajstić information content (AvgIpc) is 2.69. The summed E-state index contributed by atoms with van der Waals surface area (Å²) in [6.45, 7) is 2.94. The molecular weight excluding hydrogens is 242 g/mol. The number of fused-ring (bicyclic) bond motifs is 1. The zero-order valence-corrected chi connectivity index (χ0v) is 9.94. The van der Waals surface area contributed by atoms with Crippen molar-refractivity contribution in [3.8, 4) is 0 Å². The number of hydrogen-bond acceptors (Lipinski definition) is 3. The van der Waals surface area contributed by atoms with Crippen LogP contribution in [0.1, 0.15) is 21.7 Å². The van der Waals surface area contributed by atoms with Gasteiger partial charge in [0.15, 0.2) is 5.65 Å². The summed E-state index contributed by atoms with van der Waals surface area (Å²) in [5.74, 6) is -0.595. The van der Waals surface area contributed by atoms with Crippen LogP contribution >= 0.6 is 0 Å². The van der Waals surface area contributed by atoms with Crippen LogP contribution in [0, 0.1) is 13.8 Å². The van der Waals surface area contributed by atoms with Crippen LogP contribution in [0.15, 0.2) is 12.3 Å². The first-order valence-electron chi connectivity index (χ1n) is 5.37. The Morgan fingerprint density at radius 2 is 2.22 bits per heavy atom. The van der Waals surface area contributed by atoms with E-state index in [1.807, 2.05) is 13.0 Å². The third-order valence-electron chi connectivity index (χ3n) is 2.44. The van der Waals surface area contributed by atoms with Crippen LogP contribution in [0.5, 0.6) is 0 Å². The zero-order valence-electron chi connectivity index (χ0n) is 9.94. The van der Waals surface area contributed by atoms with Crippen molar-refractivity contribution in [2.24, 2.45) is 0 Å². The van der Waals surface area contributed by atoms with Crippen LogP contribution < -0.4 is 5.32 Å². The number of amides is 1. The number of carbonyl (C=O) groups excluding carboxylic acids is 1. The number of nitrogens with zero attached hydrogens (tertiary/aromatic N) is 3. The van der Waals surface area contributed by atoms with Crippen molar-refractivity contribution < 1.29 is 13.6 Å². The standard InChI is InChI=1S/C11H12F2N4O/c1-6-3-7(2)17-10(16-6)8(4-15-17)11(18)14-5-9(12)13/h3-4,9H,5H2,1-2H3,(H,14,18). The molecule has 0 atom stereocenters. The molecule has 0 spiro atoms. The number of aryl methyl sites for hydroxylation is 2. The monoisotopic (exact) mass is 254 g/mol. The number of halogens is 2. The quantitative estimate of drug-likeness (QED) is 0.899. The van der Waals surface area contributed by atoms with E-state index >= 15 is 0 Å². The molecule has 5 nitrogen and oxygen atoms in total. The van der Waals surface area contributed by atoms with Crippen LogP contribution in [-0.2, 0) is 0 Å². The van der Waals surface area contributed by atoms with Gasteiger partial charge < -0.3 is 5.32 Å². The van der Waals surface area contributed by atoms with Gasteiger partial charge in [0.2, 0.25) is 0 Å². The van der Waals surface area contributed by atoms with Gasteiger partial charge in [-0.15, -0.1) is 0 Å². The number of aromatic nitrogens is 3. The lowest BCUT2D eigenvalue weighted by atomic mass is 10.3. The fourth-order valence-electron chi connectivity index (χ4n) is 1.70. The van der Waals surface area contributed by atoms with E-state index in [0.29, 0.717) is 5.65 Å². The van der Waals surface area contributed by atoms with Crippen molar-refractivity contribution in [2.45, 2.75) is 20.3 Å². The normalized spacial score (nSPS) is 11.2. The molecule has 2 heterocycles. The van der Waals surface area contributed by atoms with Gasteiger partial charge >= 0.3 is 0 Å². The van der Waals surface area contributed by atoms with Crippen LogP contribution in [0.2, 0.25) is 0 Å². The smallest absolute Gasteiger partial charge is 0.256 e. The second-order valence-electron chi connectivity index (χ2n) is 3.93. The highest BCUT2D eigenvalue weighted by atomic mass is 19.3. The van der Waals surface area contributed by atoms with E-state index in [-0.39, 0.29) is 5.56 Å². The van der Waals surface area contributed by atoms with E-state index < -0.39 is 18.9 Å². The van der Waals surface area contributed by atoms with Gasteiger partial charge in [-0.1, -0.05) is 0 Å². The van der Waals surface area contributed by atoms with E-state index in [4.69, 9.17) is 0 Å². The second kappa shape index (κ2) is 4.67. The molecule has 0 aromatic carbocycles. The zero-order chi connectivity index (χ0) is 13.3. The molecule has 2 aromatic rings. The summed E-state index contributed by atoms with van der Waals surface area (Å²) in [5, 5.41) is 6.15. The Morgan fingerprint density at radius 1 is 1.50 bits per heavy atom. The van der Waals surface area contributed by atoms with Gasteiger partial charge in [0, 0.05) is 11.4 Å². The number of rotatable bonds is 3. The fraction of sp³-hybridized carbons (Fsp3) is 0.364. The molecule has 0 bridgehead atoms. The first kappa shape index (κ1) is 12.4. The van der Waals surface area contributed by atoms with E-state index in [9.17, 15) is 13.6 Å². The Balaban J connectivity index is 2.37. The summed E-state index contributed by atoms with van der Waals surface area (Å²) >= 11 is 0. The molecule has 0 radical (unpaired) electrons. The molecule has 96 valence electrons. The van der Waals surface area contributed by atoms with Crippen molar-refractivity contribution in [1.82, 2.24) is 19.9 Å². The average molecular weight is 254 g/mol. The predicted octanol–water partition coefficient (Wildman–Crippen LogP) is 1.34. The fourth-order valence-corrected chi connectivity index (χ4v) is 1.70. The minimum absolute atomic E-state index is 0.197. The maximum Gasteiger partial charge on any atom is 0.256 e. The molecule has 18 heavy (non-hydrogen) atoms. The molecular formula is C11H12F2N4O. The van der Waals surface area contributed by atoms with Crippen molar-refractivity contribution >= 4 is 11.6 Å². The maximum absolute atomic E-state index is 12.0. The van der Waals surface area contributed by atoms with E-state index in [1.54, 1.807) is 6.92 Å². The highest BCUT2D eigenvalue weighted by Crippen LogP contribution is 2.11. The largest absolute Gasteiger partial charge is 0.346 e. The summed E-state index contributed by atoms with van der Waals surface area (Å²) in [7, 11) is 0. The number of hydrogen-bond donors (Lipinski definition) is 1. The summed E-state index contributed by atoms with van der Waals surface area (Å²) in [6, 6.07) is 1.82. The van der Waals surface area contributed by atoms with E-state index in [2.05, 4.69) is 15.4 Å². The molecule has 2 aromatic heterocycles. The molecule has 0 unspecified atom stereocenters. The van der Waals surface area contributed by atoms with Gasteiger partial charge in [-0.05, 0) is 19.9 Å². The molecule has 7 heteroatoms. The Kier molecular flexibility index (Phi) is 3.22. The molecule has 0 saturated heterocycles. The molecule has 1 N–H and O–H groups in total. The molecule has 0 aliphatic carbocycles. The van der Waals surface area contributed by atoms with Gasteiger partial charge in [-0.2, -0.15) is 5.10 Å². The minimum atomic E-state index is -2.58. The first-order chi connectivity index (χ1) is 8.49. The molecule has 2 rings (SSSR count). The van der Waals surface area contributed by atoms with Crippen molar-refractivity contribution in [1.29, 1.82) is 0 Å². The lowest BCUT2D eigenvalue weighted by molar-refractivity contribution is 0.0893. The van der Waals surface area contributed by atoms with Gasteiger partial charge in [-0.3, -0.25) is 4.79 Å². The van der Waals surface area contributed by atoms with Crippen LogP contribution in [0.4, 0.5) is 8.78 Å². The summed E-state index contributed by atoms with van der Waals surface area (Å²) in [6.07, 6.45) is -1.25. The lowest BCUT2D eigenvalue weighted by Gasteiger charge is -2.04. The molecule has 0 saturated carbocycles. The van der Waals surface area contributed by atoms with Crippen LogP contribution in [-0.4, -0.2) is 33.5 Å². The molecule has 0 aliphatic heterocycles. The third kappa shape index (κ3) is 2.29. The minimum Gasteiger partial charge on any atom is -0.346 e. The summed E-state index contributed by atoms with van der Waals surface area (Å²) < 4.78 is 25.6. The molecule has 0 fully saturated rings. The van der Waals surface area contributed by atoms with Crippen molar-refractivity contribution in [3.05, 3.63) is 29.2 Å². The van der Waals surface area contributed by atoms with Crippen LogP contribution in [0.3, 0.4) is 0 Å². The highest BCUT2D eigenvalue weighted by molar-refractivity contribution is 5.99. The number of carbonyl (C=O) groups is 1. The lowest BCUT2D eigenvalue weighted by Crippen LogP contribution is -2.28. The first-order valence-corrected chi connectivity index (χ1v) is 5.37. The van der Waals surface area contributed by atoms with Gasteiger partial charge in [-0.25, -0.2) is 18.3 Å². The highest BCUT2D eigenvalue weighted by Gasteiger charge is 2.16. The van der Waals surface area contributed by atoms with Gasteiger partial charge in [0.25, 0.3) is 12.3 Å². The third-order valence-corrected chi connectivity index (χ3v) is 2.44. The van der Waals surface area contributed by atoms with Gasteiger partial charge in [0.05, 0.1) is 12.7 Å². The topological polar surface area (TPSA) is 59.3 Å². The predicted molar refractivity (Wildman–Crippen MR) is 60.8 cm³/mol. The maximum atomic E-state index is 12.0. The van der Waals surface area contributed by atoms with Gasteiger partial charge in [0.1, 0.15) is 5.56 Å². The Morgan fingerprint density at radius 3 is 2.89 bits per heavy atom. The number of nitrogens with one attached hydrogen (secondary N) is 1. The molecule has 1 amide bonds. The van der Waals surface area contributed by atoms with Crippen molar-refractivity contribution in [3.63, 3.8) is 0 Å². The summed E-state index contributed by atoms with van der Waals surface area (Å²) in [5.41, 5.74) is 2.13. The van der Waals surface area contributed by atoms with Crippen LogP contribution in [0.25, 0.3) is 5.65 Å². The van der Waals surface area contributed by atoms with E-state index in [0.717, 1.165) is 11.4 Å². The molecule has 0 aliphatic rings. The Labute approximate surface area is 102 Å². The SMILES string of the molecule is Cc1cc(C)n2ncc(C(=O)NCC(F)F)c2n1.